The SMILES string of the molecule is CC(NCCCc1ncn[nH]1)c1ccc(F)cc1Cl. The van der Waals surface area contributed by atoms with E-state index in [4.69, 9.17) is 11.6 Å². The Balaban J connectivity index is 1.79. The van der Waals surface area contributed by atoms with Crippen molar-refractivity contribution in [1.82, 2.24) is 20.5 Å². The Bertz CT molecular complexity index is 515. The Kier molecular flexibility index (Phi) is 4.87. The second kappa shape index (κ2) is 6.63. The maximum atomic E-state index is 13.0. The monoisotopic (exact) mass is 282 g/mol. The van der Waals surface area contributed by atoms with E-state index in [1.165, 1.54) is 18.5 Å². The normalized spacial score (nSPS) is 12.6. The summed E-state index contributed by atoms with van der Waals surface area (Å²) < 4.78 is 13.0. The van der Waals surface area contributed by atoms with Gasteiger partial charge in [0.25, 0.3) is 0 Å². The van der Waals surface area contributed by atoms with Crippen molar-refractivity contribution in [3.8, 4) is 0 Å². The number of nitrogens with zero attached hydrogens (tertiary/aromatic N) is 2. The van der Waals surface area contributed by atoms with E-state index in [0.717, 1.165) is 30.8 Å². The first-order valence-electron chi connectivity index (χ1n) is 6.19. The zero-order valence-corrected chi connectivity index (χ0v) is 11.4. The first-order chi connectivity index (χ1) is 9.16. The minimum atomic E-state index is -0.314. The van der Waals surface area contributed by atoms with Crippen molar-refractivity contribution >= 4 is 11.6 Å². The molecule has 1 aromatic carbocycles. The van der Waals surface area contributed by atoms with Crippen molar-refractivity contribution in [2.24, 2.45) is 0 Å². The quantitative estimate of drug-likeness (QED) is 0.801. The van der Waals surface area contributed by atoms with Gasteiger partial charge in [-0.2, -0.15) is 5.10 Å². The summed E-state index contributed by atoms with van der Waals surface area (Å²) in [6, 6.07) is 4.56. The fourth-order valence-corrected chi connectivity index (χ4v) is 2.22. The van der Waals surface area contributed by atoms with Crippen LogP contribution >= 0.6 is 11.6 Å². The molecule has 1 aromatic heterocycles. The van der Waals surface area contributed by atoms with Gasteiger partial charge < -0.3 is 5.32 Å². The number of rotatable bonds is 6. The van der Waals surface area contributed by atoms with E-state index >= 15 is 0 Å². The van der Waals surface area contributed by atoms with E-state index in [9.17, 15) is 4.39 Å². The molecule has 1 heterocycles. The minimum absolute atomic E-state index is 0.0860. The van der Waals surface area contributed by atoms with E-state index in [1.807, 2.05) is 6.92 Å². The number of aromatic nitrogens is 3. The number of halogens is 2. The van der Waals surface area contributed by atoms with Crippen molar-refractivity contribution in [3.63, 3.8) is 0 Å². The van der Waals surface area contributed by atoms with E-state index in [1.54, 1.807) is 6.07 Å². The van der Waals surface area contributed by atoms with Crippen molar-refractivity contribution in [2.75, 3.05) is 6.54 Å². The number of hydrogen-bond acceptors (Lipinski definition) is 3. The second-order valence-electron chi connectivity index (χ2n) is 4.38. The highest BCUT2D eigenvalue weighted by Crippen LogP contribution is 2.23. The predicted octanol–water partition coefficient (Wildman–Crippen LogP) is 2.88. The van der Waals surface area contributed by atoms with Gasteiger partial charge in [-0.25, -0.2) is 9.37 Å². The lowest BCUT2D eigenvalue weighted by Gasteiger charge is -2.15. The highest BCUT2D eigenvalue weighted by atomic mass is 35.5. The third-order valence-electron chi connectivity index (χ3n) is 2.93. The molecule has 1 atom stereocenters. The van der Waals surface area contributed by atoms with Crippen molar-refractivity contribution in [1.29, 1.82) is 0 Å². The van der Waals surface area contributed by atoms with Crippen LogP contribution < -0.4 is 5.32 Å². The van der Waals surface area contributed by atoms with Crippen LogP contribution in [0.15, 0.2) is 24.5 Å². The number of aryl methyl sites for hydroxylation is 1. The smallest absolute Gasteiger partial charge is 0.137 e. The minimum Gasteiger partial charge on any atom is -0.310 e. The Labute approximate surface area is 116 Å². The van der Waals surface area contributed by atoms with Crippen LogP contribution in [0.1, 0.15) is 30.8 Å². The summed E-state index contributed by atoms with van der Waals surface area (Å²) in [5.74, 6) is 0.570. The summed E-state index contributed by atoms with van der Waals surface area (Å²) in [5, 5.41) is 10.4. The summed E-state index contributed by atoms with van der Waals surface area (Å²) in [7, 11) is 0. The molecule has 102 valence electrons. The summed E-state index contributed by atoms with van der Waals surface area (Å²) >= 11 is 6.02. The first-order valence-corrected chi connectivity index (χ1v) is 6.57. The molecule has 0 saturated heterocycles. The number of hydrogen-bond donors (Lipinski definition) is 2. The summed E-state index contributed by atoms with van der Waals surface area (Å²) in [6.07, 6.45) is 3.29. The van der Waals surface area contributed by atoms with Gasteiger partial charge in [-0.3, -0.25) is 5.10 Å². The fraction of sp³-hybridized carbons (Fsp3) is 0.385. The lowest BCUT2D eigenvalue weighted by atomic mass is 10.1. The number of nitrogens with one attached hydrogen (secondary N) is 2. The van der Waals surface area contributed by atoms with Crippen LogP contribution in [0.25, 0.3) is 0 Å². The zero-order chi connectivity index (χ0) is 13.7. The Morgan fingerprint density at radius 3 is 3.00 bits per heavy atom. The molecule has 4 nitrogen and oxygen atoms in total. The van der Waals surface area contributed by atoms with Crippen LogP contribution in [0.2, 0.25) is 5.02 Å². The highest BCUT2D eigenvalue weighted by molar-refractivity contribution is 6.31. The average Bonchev–Trinajstić information content (AvgIpc) is 2.87. The molecule has 0 aliphatic rings. The number of H-pyrrole nitrogens is 1. The molecule has 2 rings (SSSR count). The van der Waals surface area contributed by atoms with Gasteiger partial charge in [0, 0.05) is 17.5 Å². The molecule has 0 spiro atoms. The van der Waals surface area contributed by atoms with Gasteiger partial charge in [0.15, 0.2) is 0 Å². The van der Waals surface area contributed by atoms with Crippen molar-refractivity contribution < 1.29 is 4.39 Å². The molecule has 1 unspecified atom stereocenters. The van der Waals surface area contributed by atoms with Gasteiger partial charge in [-0.1, -0.05) is 17.7 Å². The summed E-state index contributed by atoms with van der Waals surface area (Å²) in [5.41, 5.74) is 0.905. The molecule has 0 aliphatic carbocycles. The average molecular weight is 283 g/mol. The standard InChI is InChI=1S/C13H16ClFN4/c1-9(11-5-4-10(15)7-12(11)14)16-6-2-3-13-17-8-18-19-13/h4-5,7-9,16H,2-3,6H2,1H3,(H,17,18,19). The van der Waals surface area contributed by atoms with Crippen LogP contribution in [0.4, 0.5) is 4.39 Å². The zero-order valence-electron chi connectivity index (χ0n) is 10.7. The largest absolute Gasteiger partial charge is 0.310 e. The molecular formula is C13H16ClFN4. The molecule has 19 heavy (non-hydrogen) atoms. The number of aromatic amines is 1. The third kappa shape index (κ3) is 4.01. The van der Waals surface area contributed by atoms with Crippen LogP contribution in [0.5, 0.6) is 0 Å². The molecule has 0 aliphatic heterocycles. The number of benzene rings is 1. The van der Waals surface area contributed by atoms with Gasteiger partial charge in [-0.05, 0) is 37.6 Å². The second-order valence-corrected chi connectivity index (χ2v) is 4.78. The van der Waals surface area contributed by atoms with Crippen molar-refractivity contribution in [2.45, 2.75) is 25.8 Å². The molecule has 0 bridgehead atoms. The molecular weight excluding hydrogens is 267 g/mol. The lowest BCUT2D eigenvalue weighted by molar-refractivity contribution is 0.552. The van der Waals surface area contributed by atoms with Gasteiger partial charge in [0.1, 0.15) is 18.0 Å². The Hall–Kier alpha value is -1.46. The van der Waals surface area contributed by atoms with Gasteiger partial charge in [-0.15, -0.1) is 0 Å². The third-order valence-corrected chi connectivity index (χ3v) is 3.26. The fourth-order valence-electron chi connectivity index (χ4n) is 1.89. The maximum absolute atomic E-state index is 13.0. The van der Waals surface area contributed by atoms with Crippen LogP contribution in [-0.2, 0) is 6.42 Å². The van der Waals surface area contributed by atoms with Gasteiger partial charge >= 0.3 is 0 Å². The molecule has 2 aromatic rings. The molecule has 0 fully saturated rings. The Morgan fingerprint density at radius 1 is 1.47 bits per heavy atom. The molecule has 0 saturated carbocycles. The molecule has 0 amide bonds. The molecule has 6 heteroatoms. The van der Waals surface area contributed by atoms with Crippen LogP contribution in [0.3, 0.4) is 0 Å². The van der Waals surface area contributed by atoms with Crippen LogP contribution in [0, 0.1) is 5.82 Å². The van der Waals surface area contributed by atoms with E-state index in [0.29, 0.717) is 5.02 Å². The van der Waals surface area contributed by atoms with E-state index in [2.05, 4.69) is 20.5 Å². The maximum Gasteiger partial charge on any atom is 0.137 e. The summed E-state index contributed by atoms with van der Waals surface area (Å²) in [6.45, 7) is 2.84. The van der Waals surface area contributed by atoms with Gasteiger partial charge in [0.2, 0.25) is 0 Å². The van der Waals surface area contributed by atoms with Crippen molar-refractivity contribution in [3.05, 3.63) is 46.8 Å². The first kappa shape index (κ1) is 14.0. The van der Waals surface area contributed by atoms with E-state index in [-0.39, 0.29) is 11.9 Å². The topological polar surface area (TPSA) is 53.6 Å². The predicted molar refractivity (Wildman–Crippen MR) is 72.5 cm³/mol. The molecule has 2 N–H and O–H groups in total. The highest BCUT2D eigenvalue weighted by Gasteiger charge is 2.09. The van der Waals surface area contributed by atoms with Crippen LogP contribution in [-0.4, -0.2) is 21.7 Å². The summed E-state index contributed by atoms with van der Waals surface area (Å²) in [4.78, 5) is 4.06. The Morgan fingerprint density at radius 2 is 2.32 bits per heavy atom. The van der Waals surface area contributed by atoms with E-state index < -0.39 is 0 Å². The lowest BCUT2D eigenvalue weighted by Crippen LogP contribution is -2.20. The van der Waals surface area contributed by atoms with Gasteiger partial charge in [0.05, 0.1) is 0 Å². The molecule has 0 radical (unpaired) electrons.